The fourth-order valence-electron chi connectivity index (χ4n) is 1.66. The van der Waals surface area contributed by atoms with E-state index in [1.807, 2.05) is 25.1 Å². The molecule has 0 saturated heterocycles. The Bertz CT molecular complexity index is 318. The monoisotopic (exact) mass is 245 g/mol. The molecule has 0 radical (unpaired) electrons. The fourth-order valence-corrected chi connectivity index (χ4v) is 1.66. The van der Waals surface area contributed by atoms with Gasteiger partial charge in [0.1, 0.15) is 5.75 Å². The maximum absolute atomic E-state index is 8.74. The zero-order valence-corrected chi connectivity index (χ0v) is 10.6. The first-order valence-corrected chi connectivity index (χ1v) is 5.20. The van der Waals surface area contributed by atoms with Crippen LogP contribution in [-0.2, 0) is 0 Å². The van der Waals surface area contributed by atoms with Crippen LogP contribution in [0, 0.1) is 6.92 Å². The molecule has 1 aromatic carbocycles. The van der Waals surface area contributed by atoms with Crippen molar-refractivity contribution in [3.8, 4) is 5.75 Å². The molecule has 0 fully saturated rings. The molecule has 1 aromatic rings. The molecule has 1 atom stereocenters. The molecule has 0 aliphatic rings. The SMILES string of the molecule is COc1ccc([C@H](N)CCCO)c(C)c1.Cl. The van der Waals surface area contributed by atoms with E-state index in [-0.39, 0.29) is 25.1 Å². The van der Waals surface area contributed by atoms with Crippen LogP contribution in [0.15, 0.2) is 18.2 Å². The minimum atomic E-state index is 0. The minimum absolute atomic E-state index is 0. The number of aryl methyl sites for hydroxylation is 1. The van der Waals surface area contributed by atoms with Crippen molar-refractivity contribution in [2.45, 2.75) is 25.8 Å². The second-order valence-electron chi connectivity index (χ2n) is 3.69. The fraction of sp³-hybridized carbons (Fsp3) is 0.500. The molecule has 0 aliphatic carbocycles. The number of rotatable bonds is 5. The molecule has 3 N–H and O–H groups in total. The van der Waals surface area contributed by atoms with Crippen molar-refractivity contribution in [1.82, 2.24) is 0 Å². The normalized spacial score (nSPS) is 11.8. The summed E-state index contributed by atoms with van der Waals surface area (Å²) < 4.78 is 5.13. The van der Waals surface area contributed by atoms with Gasteiger partial charge in [0, 0.05) is 12.6 Å². The average molecular weight is 246 g/mol. The number of benzene rings is 1. The van der Waals surface area contributed by atoms with E-state index in [0.29, 0.717) is 0 Å². The van der Waals surface area contributed by atoms with Crippen molar-refractivity contribution in [3.05, 3.63) is 29.3 Å². The van der Waals surface area contributed by atoms with E-state index in [2.05, 4.69) is 0 Å². The van der Waals surface area contributed by atoms with Gasteiger partial charge >= 0.3 is 0 Å². The van der Waals surface area contributed by atoms with Crippen molar-refractivity contribution in [1.29, 1.82) is 0 Å². The topological polar surface area (TPSA) is 55.5 Å². The lowest BCUT2D eigenvalue weighted by atomic mass is 9.98. The van der Waals surface area contributed by atoms with Crippen LogP contribution in [0.3, 0.4) is 0 Å². The van der Waals surface area contributed by atoms with Crippen LogP contribution in [0.25, 0.3) is 0 Å². The molecule has 92 valence electrons. The molecule has 0 bridgehead atoms. The quantitative estimate of drug-likeness (QED) is 0.836. The van der Waals surface area contributed by atoms with E-state index in [1.165, 1.54) is 0 Å². The summed E-state index contributed by atoms with van der Waals surface area (Å²) in [5.74, 6) is 0.852. The van der Waals surface area contributed by atoms with Gasteiger partial charge in [0.2, 0.25) is 0 Å². The van der Waals surface area contributed by atoms with Crippen molar-refractivity contribution < 1.29 is 9.84 Å². The van der Waals surface area contributed by atoms with Crippen LogP contribution in [0.2, 0.25) is 0 Å². The van der Waals surface area contributed by atoms with Gasteiger partial charge in [-0.3, -0.25) is 0 Å². The molecule has 4 heteroatoms. The lowest BCUT2D eigenvalue weighted by Gasteiger charge is -2.14. The van der Waals surface area contributed by atoms with E-state index >= 15 is 0 Å². The van der Waals surface area contributed by atoms with Crippen LogP contribution < -0.4 is 10.5 Å². The molecule has 16 heavy (non-hydrogen) atoms. The third kappa shape index (κ3) is 4.00. The molecule has 0 aliphatic heterocycles. The molecule has 0 unspecified atom stereocenters. The Hall–Kier alpha value is -0.770. The van der Waals surface area contributed by atoms with Gasteiger partial charge in [-0.2, -0.15) is 0 Å². The molecule has 0 amide bonds. The van der Waals surface area contributed by atoms with Gasteiger partial charge in [-0.05, 0) is 43.0 Å². The third-order valence-electron chi connectivity index (χ3n) is 2.55. The molecule has 0 heterocycles. The van der Waals surface area contributed by atoms with Gasteiger partial charge < -0.3 is 15.6 Å². The Morgan fingerprint density at radius 3 is 2.62 bits per heavy atom. The zero-order chi connectivity index (χ0) is 11.3. The van der Waals surface area contributed by atoms with Gasteiger partial charge in [0.25, 0.3) is 0 Å². The second-order valence-corrected chi connectivity index (χ2v) is 3.69. The summed E-state index contributed by atoms with van der Waals surface area (Å²) in [5, 5.41) is 8.74. The largest absolute Gasteiger partial charge is 0.497 e. The van der Waals surface area contributed by atoms with E-state index in [9.17, 15) is 0 Å². The molecule has 0 saturated carbocycles. The summed E-state index contributed by atoms with van der Waals surface area (Å²) in [6.45, 7) is 2.22. The summed E-state index contributed by atoms with van der Waals surface area (Å²) in [5.41, 5.74) is 8.29. The van der Waals surface area contributed by atoms with E-state index < -0.39 is 0 Å². The van der Waals surface area contributed by atoms with Crippen LogP contribution in [0.1, 0.15) is 30.0 Å². The highest BCUT2D eigenvalue weighted by atomic mass is 35.5. The summed E-state index contributed by atoms with van der Waals surface area (Å²) >= 11 is 0. The number of halogens is 1. The molecule has 0 spiro atoms. The summed E-state index contributed by atoms with van der Waals surface area (Å²) in [7, 11) is 1.65. The summed E-state index contributed by atoms with van der Waals surface area (Å²) in [6.07, 6.45) is 1.55. The number of hydrogen-bond donors (Lipinski definition) is 2. The maximum atomic E-state index is 8.74. The highest BCUT2D eigenvalue weighted by molar-refractivity contribution is 5.85. The van der Waals surface area contributed by atoms with Crippen molar-refractivity contribution in [2.24, 2.45) is 5.73 Å². The number of methoxy groups -OCH3 is 1. The number of nitrogens with two attached hydrogens (primary N) is 1. The van der Waals surface area contributed by atoms with Crippen LogP contribution >= 0.6 is 12.4 Å². The number of hydrogen-bond acceptors (Lipinski definition) is 3. The van der Waals surface area contributed by atoms with E-state index in [0.717, 1.165) is 29.7 Å². The first kappa shape index (κ1) is 15.2. The zero-order valence-electron chi connectivity index (χ0n) is 9.77. The average Bonchev–Trinajstić information content (AvgIpc) is 2.25. The van der Waals surface area contributed by atoms with Crippen molar-refractivity contribution in [2.75, 3.05) is 13.7 Å². The highest BCUT2D eigenvalue weighted by Crippen LogP contribution is 2.23. The highest BCUT2D eigenvalue weighted by Gasteiger charge is 2.08. The van der Waals surface area contributed by atoms with Gasteiger partial charge in [-0.15, -0.1) is 12.4 Å². The van der Waals surface area contributed by atoms with Crippen LogP contribution in [-0.4, -0.2) is 18.8 Å². The molecular formula is C12H20ClNO2. The minimum Gasteiger partial charge on any atom is -0.497 e. The van der Waals surface area contributed by atoms with Gasteiger partial charge in [0.05, 0.1) is 7.11 Å². The van der Waals surface area contributed by atoms with Gasteiger partial charge in [0.15, 0.2) is 0 Å². The van der Waals surface area contributed by atoms with Crippen molar-refractivity contribution >= 4 is 12.4 Å². The lowest BCUT2D eigenvalue weighted by molar-refractivity contribution is 0.280. The Morgan fingerprint density at radius 1 is 1.44 bits per heavy atom. The van der Waals surface area contributed by atoms with Crippen molar-refractivity contribution in [3.63, 3.8) is 0 Å². The number of ether oxygens (including phenoxy) is 1. The lowest BCUT2D eigenvalue weighted by Crippen LogP contribution is -2.12. The smallest absolute Gasteiger partial charge is 0.119 e. The van der Waals surface area contributed by atoms with Crippen LogP contribution in [0.5, 0.6) is 5.75 Å². The molecule has 3 nitrogen and oxygen atoms in total. The Balaban J connectivity index is 0.00000225. The maximum Gasteiger partial charge on any atom is 0.119 e. The molecular weight excluding hydrogens is 226 g/mol. The van der Waals surface area contributed by atoms with Crippen LogP contribution in [0.4, 0.5) is 0 Å². The van der Waals surface area contributed by atoms with Gasteiger partial charge in [-0.25, -0.2) is 0 Å². The Kier molecular flexibility index (Phi) is 7.13. The Labute approximate surface area is 103 Å². The number of aliphatic hydroxyl groups is 1. The molecule has 1 rings (SSSR count). The van der Waals surface area contributed by atoms with E-state index in [1.54, 1.807) is 7.11 Å². The summed E-state index contributed by atoms with van der Waals surface area (Å²) in [4.78, 5) is 0. The first-order chi connectivity index (χ1) is 7.19. The summed E-state index contributed by atoms with van der Waals surface area (Å²) in [6, 6.07) is 5.90. The number of aliphatic hydroxyl groups excluding tert-OH is 1. The predicted molar refractivity (Wildman–Crippen MR) is 68.2 cm³/mol. The second kappa shape index (κ2) is 7.49. The Morgan fingerprint density at radius 2 is 2.12 bits per heavy atom. The first-order valence-electron chi connectivity index (χ1n) is 5.20. The molecule has 0 aromatic heterocycles. The third-order valence-corrected chi connectivity index (χ3v) is 2.55. The van der Waals surface area contributed by atoms with E-state index in [4.69, 9.17) is 15.6 Å². The standard InChI is InChI=1S/C12H19NO2.ClH/c1-9-8-10(15-2)5-6-11(9)12(13)4-3-7-14;/h5-6,8,12,14H,3-4,7,13H2,1-2H3;1H/t12-;/m1./s1. The predicted octanol–water partition coefficient (Wildman–Crippen LogP) is 2.20. The van der Waals surface area contributed by atoms with Gasteiger partial charge in [-0.1, -0.05) is 6.07 Å².